The fraction of sp³-hybridized carbons (Fsp3) is 0.500. The predicted octanol–water partition coefficient (Wildman–Crippen LogP) is 3.68. The van der Waals surface area contributed by atoms with Gasteiger partial charge in [0.2, 0.25) is 0 Å². The number of hydrogen-bond acceptors (Lipinski definition) is 2. The van der Waals surface area contributed by atoms with Crippen LogP contribution < -0.4 is 4.74 Å². The molecule has 16 heavy (non-hydrogen) atoms. The largest absolute Gasteiger partial charge is 0.486 e. The Balaban J connectivity index is 2.10. The van der Waals surface area contributed by atoms with E-state index in [1.165, 1.54) is 0 Å². The molecule has 0 spiro atoms. The van der Waals surface area contributed by atoms with Crippen LogP contribution in [0.25, 0.3) is 0 Å². The van der Waals surface area contributed by atoms with E-state index < -0.39 is 6.10 Å². The highest BCUT2D eigenvalue weighted by atomic mass is 35.5. The first-order valence-corrected chi connectivity index (χ1v) is 6.22. The van der Waals surface area contributed by atoms with Gasteiger partial charge in [-0.3, -0.25) is 0 Å². The van der Waals surface area contributed by atoms with Crippen LogP contribution in [0.1, 0.15) is 25.7 Å². The summed E-state index contributed by atoms with van der Waals surface area (Å²) in [7, 11) is 0. The first-order chi connectivity index (χ1) is 7.66. The van der Waals surface area contributed by atoms with E-state index in [1.54, 1.807) is 18.2 Å². The Hall–Kier alpha value is -0.440. The van der Waals surface area contributed by atoms with Crippen molar-refractivity contribution in [2.24, 2.45) is 0 Å². The zero-order valence-electron chi connectivity index (χ0n) is 8.83. The van der Waals surface area contributed by atoms with Crippen molar-refractivity contribution in [3.05, 3.63) is 28.2 Å². The van der Waals surface area contributed by atoms with Crippen LogP contribution in [0.5, 0.6) is 5.75 Å². The summed E-state index contributed by atoms with van der Waals surface area (Å²) in [5, 5.41) is 10.9. The molecule has 2 rings (SSSR count). The number of rotatable bonds is 2. The highest BCUT2D eigenvalue weighted by molar-refractivity contribution is 6.34. The van der Waals surface area contributed by atoms with Crippen LogP contribution in [0, 0.1) is 0 Å². The van der Waals surface area contributed by atoms with Gasteiger partial charge in [0.15, 0.2) is 0 Å². The van der Waals surface area contributed by atoms with Crippen molar-refractivity contribution in [1.82, 2.24) is 0 Å². The lowest BCUT2D eigenvalue weighted by molar-refractivity contribution is 0.00693. The van der Waals surface area contributed by atoms with Crippen molar-refractivity contribution in [3.63, 3.8) is 0 Å². The van der Waals surface area contributed by atoms with Crippen molar-refractivity contribution in [2.45, 2.75) is 37.9 Å². The molecule has 0 saturated heterocycles. The molecule has 1 saturated carbocycles. The smallest absolute Gasteiger partial charge is 0.139 e. The Labute approximate surface area is 105 Å². The minimum Gasteiger partial charge on any atom is -0.486 e. The van der Waals surface area contributed by atoms with Gasteiger partial charge in [-0.05, 0) is 31.4 Å². The zero-order chi connectivity index (χ0) is 11.5. The Bertz CT molecular complexity index is 368. The van der Waals surface area contributed by atoms with Crippen molar-refractivity contribution < 1.29 is 9.84 Å². The van der Waals surface area contributed by atoms with Gasteiger partial charge < -0.3 is 9.84 Å². The van der Waals surface area contributed by atoms with Crippen LogP contribution in [0.2, 0.25) is 10.0 Å². The highest BCUT2D eigenvalue weighted by Gasteiger charge is 2.25. The van der Waals surface area contributed by atoms with Crippen molar-refractivity contribution in [3.8, 4) is 5.75 Å². The molecule has 0 aliphatic heterocycles. The summed E-state index contributed by atoms with van der Waals surface area (Å²) in [5.41, 5.74) is 0. The Morgan fingerprint density at radius 1 is 1.19 bits per heavy atom. The Morgan fingerprint density at radius 3 is 2.69 bits per heavy atom. The first-order valence-electron chi connectivity index (χ1n) is 5.46. The lowest BCUT2D eigenvalue weighted by Crippen LogP contribution is -2.34. The summed E-state index contributed by atoms with van der Waals surface area (Å²) >= 11 is 11.9. The van der Waals surface area contributed by atoms with E-state index >= 15 is 0 Å². The van der Waals surface area contributed by atoms with Crippen molar-refractivity contribution in [1.29, 1.82) is 0 Å². The standard InChI is InChI=1S/C12H14Cl2O2/c13-8-5-6-9(14)12(7-8)16-11-4-2-1-3-10(11)15/h5-7,10-11,15H,1-4H2. The molecule has 88 valence electrons. The maximum absolute atomic E-state index is 9.79. The first kappa shape index (κ1) is 12.0. The average molecular weight is 261 g/mol. The minimum absolute atomic E-state index is 0.162. The molecule has 0 radical (unpaired) electrons. The highest BCUT2D eigenvalue weighted by Crippen LogP contribution is 2.31. The summed E-state index contributed by atoms with van der Waals surface area (Å²) in [4.78, 5) is 0. The van der Waals surface area contributed by atoms with Crippen LogP contribution >= 0.6 is 23.2 Å². The van der Waals surface area contributed by atoms with Gasteiger partial charge in [-0.2, -0.15) is 0 Å². The maximum Gasteiger partial charge on any atom is 0.139 e. The second kappa shape index (κ2) is 5.26. The van der Waals surface area contributed by atoms with Gasteiger partial charge in [0.05, 0.1) is 11.1 Å². The van der Waals surface area contributed by atoms with Gasteiger partial charge in [-0.15, -0.1) is 0 Å². The molecular formula is C12H14Cl2O2. The average Bonchev–Trinajstić information content (AvgIpc) is 2.27. The molecule has 1 aliphatic carbocycles. The zero-order valence-corrected chi connectivity index (χ0v) is 10.3. The third-order valence-electron chi connectivity index (χ3n) is 2.84. The monoisotopic (exact) mass is 260 g/mol. The van der Waals surface area contributed by atoms with E-state index in [4.69, 9.17) is 27.9 Å². The SMILES string of the molecule is OC1CCCCC1Oc1cc(Cl)ccc1Cl. The summed E-state index contributed by atoms with van der Waals surface area (Å²) in [6, 6.07) is 5.10. The molecule has 1 aliphatic rings. The van der Waals surface area contributed by atoms with Crippen LogP contribution in [0.3, 0.4) is 0 Å². The van der Waals surface area contributed by atoms with Gasteiger partial charge >= 0.3 is 0 Å². The van der Waals surface area contributed by atoms with Crippen LogP contribution in [0.15, 0.2) is 18.2 Å². The molecule has 0 amide bonds. The molecule has 4 heteroatoms. The number of aliphatic hydroxyl groups is 1. The molecule has 1 aromatic carbocycles. The van der Waals surface area contributed by atoms with Gasteiger partial charge in [-0.1, -0.05) is 29.6 Å². The van der Waals surface area contributed by atoms with Crippen LogP contribution in [0.4, 0.5) is 0 Å². The lowest BCUT2D eigenvalue weighted by Gasteiger charge is -2.28. The van der Waals surface area contributed by atoms with E-state index in [0.717, 1.165) is 25.7 Å². The van der Waals surface area contributed by atoms with Crippen LogP contribution in [-0.4, -0.2) is 17.3 Å². The molecule has 0 aromatic heterocycles. The Kier molecular flexibility index (Phi) is 3.95. The number of ether oxygens (including phenoxy) is 1. The molecule has 0 bridgehead atoms. The normalized spacial score (nSPS) is 25.4. The molecule has 2 atom stereocenters. The van der Waals surface area contributed by atoms with Gasteiger partial charge in [0, 0.05) is 11.1 Å². The minimum atomic E-state index is -0.399. The number of benzene rings is 1. The van der Waals surface area contributed by atoms with Crippen molar-refractivity contribution >= 4 is 23.2 Å². The lowest BCUT2D eigenvalue weighted by atomic mass is 9.95. The molecular weight excluding hydrogens is 247 g/mol. The molecule has 1 N–H and O–H groups in total. The van der Waals surface area contributed by atoms with Gasteiger partial charge in [0.25, 0.3) is 0 Å². The number of halogens is 2. The summed E-state index contributed by atoms with van der Waals surface area (Å²) in [6.45, 7) is 0. The number of hydrogen-bond donors (Lipinski definition) is 1. The maximum atomic E-state index is 9.79. The fourth-order valence-electron chi connectivity index (χ4n) is 1.95. The summed E-state index contributed by atoms with van der Waals surface area (Å²) in [5.74, 6) is 0.556. The molecule has 2 nitrogen and oxygen atoms in total. The molecule has 1 aromatic rings. The topological polar surface area (TPSA) is 29.5 Å². The summed E-state index contributed by atoms with van der Waals surface area (Å²) < 4.78 is 5.71. The summed E-state index contributed by atoms with van der Waals surface area (Å²) in [6.07, 6.45) is 3.24. The third-order valence-corrected chi connectivity index (χ3v) is 3.39. The Morgan fingerprint density at radius 2 is 1.94 bits per heavy atom. The second-order valence-corrected chi connectivity index (χ2v) is 4.93. The van der Waals surface area contributed by atoms with E-state index in [1.807, 2.05) is 0 Å². The van der Waals surface area contributed by atoms with E-state index in [0.29, 0.717) is 15.8 Å². The molecule has 2 unspecified atom stereocenters. The fourth-order valence-corrected chi connectivity index (χ4v) is 2.27. The van der Waals surface area contributed by atoms with Crippen LogP contribution in [-0.2, 0) is 0 Å². The van der Waals surface area contributed by atoms with E-state index in [2.05, 4.69) is 0 Å². The quantitative estimate of drug-likeness (QED) is 0.880. The molecule has 0 heterocycles. The molecule has 1 fully saturated rings. The van der Waals surface area contributed by atoms with Crippen molar-refractivity contribution in [2.75, 3.05) is 0 Å². The van der Waals surface area contributed by atoms with E-state index in [9.17, 15) is 5.11 Å². The predicted molar refractivity (Wildman–Crippen MR) is 65.4 cm³/mol. The number of aliphatic hydroxyl groups excluding tert-OH is 1. The van der Waals surface area contributed by atoms with Gasteiger partial charge in [0.1, 0.15) is 11.9 Å². The van der Waals surface area contributed by atoms with Gasteiger partial charge in [-0.25, -0.2) is 0 Å². The third kappa shape index (κ3) is 2.82. The second-order valence-electron chi connectivity index (χ2n) is 4.08. The van der Waals surface area contributed by atoms with E-state index in [-0.39, 0.29) is 6.10 Å².